The monoisotopic (exact) mass is 368 g/mol. The fourth-order valence-electron chi connectivity index (χ4n) is 3.66. The third-order valence-electron chi connectivity index (χ3n) is 5.20. The summed E-state index contributed by atoms with van der Waals surface area (Å²) >= 11 is 0. The third kappa shape index (κ3) is 3.24. The molecule has 0 spiro atoms. The molecule has 1 aromatic carbocycles. The van der Waals surface area contributed by atoms with Crippen molar-refractivity contribution in [1.82, 2.24) is 19.7 Å². The minimum absolute atomic E-state index is 0.257. The quantitative estimate of drug-likeness (QED) is 0.736. The van der Waals surface area contributed by atoms with Gasteiger partial charge in [0.15, 0.2) is 5.75 Å². The van der Waals surface area contributed by atoms with Crippen molar-refractivity contribution in [2.75, 3.05) is 32.8 Å². The minimum atomic E-state index is -0.378. The van der Waals surface area contributed by atoms with Crippen LogP contribution in [0.1, 0.15) is 11.3 Å². The fraction of sp³-hybridized carbons (Fsp3) is 0.400. The van der Waals surface area contributed by atoms with Gasteiger partial charge in [-0.15, -0.1) is 0 Å². The number of aromatic hydroxyl groups is 1. The molecule has 4 rings (SSSR count). The van der Waals surface area contributed by atoms with Crippen molar-refractivity contribution >= 4 is 11.0 Å². The Kier molecular flexibility index (Phi) is 4.72. The summed E-state index contributed by atoms with van der Waals surface area (Å²) in [6, 6.07) is 7.68. The van der Waals surface area contributed by atoms with Gasteiger partial charge in [-0.25, -0.2) is 4.68 Å². The van der Waals surface area contributed by atoms with Gasteiger partial charge in [0.1, 0.15) is 5.65 Å². The molecule has 0 aliphatic carbocycles. The first-order valence-electron chi connectivity index (χ1n) is 9.24. The number of hydrogen-bond acceptors (Lipinski definition) is 5. The van der Waals surface area contributed by atoms with Crippen LogP contribution < -0.4 is 5.43 Å². The van der Waals surface area contributed by atoms with Gasteiger partial charge in [-0.05, 0) is 19.4 Å². The van der Waals surface area contributed by atoms with Gasteiger partial charge in [-0.2, -0.15) is 5.10 Å². The van der Waals surface area contributed by atoms with Gasteiger partial charge >= 0.3 is 0 Å². The molecule has 0 amide bonds. The Labute approximate surface area is 157 Å². The molecule has 1 aliphatic heterocycles. The van der Waals surface area contributed by atoms with E-state index in [9.17, 15) is 9.90 Å². The van der Waals surface area contributed by atoms with Crippen molar-refractivity contribution in [2.24, 2.45) is 0 Å². The predicted molar refractivity (Wildman–Crippen MR) is 104 cm³/mol. The van der Waals surface area contributed by atoms with Gasteiger partial charge in [0, 0.05) is 25.2 Å². The van der Waals surface area contributed by atoms with Crippen LogP contribution in [0.15, 0.2) is 29.1 Å². The average molecular weight is 368 g/mol. The zero-order valence-corrected chi connectivity index (χ0v) is 15.7. The maximum absolute atomic E-state index is 12.8. The molecule has 1 fully saturated rings. The highest BCUT2D eigenvalue weighted by Crippen LogP contribution is 2.29. The lowest BCUT2D eigenvalue weighted by molar-refractivity contribution is 0.0361. The summed E-state index contributed by atoms with van der Waals surface area (Å²) in [5, 5.41) is 15.5. The zero-order chi connectivity index (χ0) is 19.0. The summed E-state index contributed by atoms with van der Waals surface area (Å²) < 4.78 is 7.23. The van der Waals surface area contributed by atoms with Gasteiger partial charge < -0.3 is 14.8 Å². The molecule has 0 bridgehead atoms. The molecule has 3 aromatic rings. The molecule has 3 heterocycles. The van der Waals surface area contributed by atoms with E-state index >= 15 is 0 Å². The summed E-state index contributed by atoms with van der Waals surface area (Å²) in [5.41, 5.74) is 3.14. The molecular formula is C20H24N4O3. The first-order valence-corrected chi connectivity index (χ1v) is 9.24. The van der Waals surface area contributed by atoms with Crippen molar-refractivity contribution in [1.29, 1.82) is 0 Å². The van der Waals surface area contributed by atoms with Gasteiger partial charge in [0.05, 0.1) is 36.5 Å². The first kappa shape index (κ1) is 17.8. The number of nitrogens with zero attached hydrogens (tertiary/aromatic N) is 3. The number of nitrogens with one attached hydrogen (secondary N) is 1. The summed E-state index contributed by atoms with van der Waals surface area (Å²) in [5.74, 6) is -0.257. The van der Waals surface area contributed by atoms with E-state index in [-0.39, 0.29) is 11.2 Å². The molecule has 2 N–H and O–H groups in total. The van der Waals surface area contributed by atoms with Crippen LogP contribution in [0.5, 0.6) is 5.75 Å². The minimum Gasteiger partial charge on any atom is -0.503 e. The lowest BCUT2D eigenvalue weighted by atomic mass is 10.0. The van der Waals surface area contributed by atoms with Gasteiger partial charge in [-0.1, -0.05) is 24.3 Å². The number of ether oxygens (including phenoxy) is 1. The van der Waals surface area contributed by atoms with E-state index in [1.807, 2.05) is 35.9 Å². The topological polar surface area (TPSA) is 83.4 Å². The molecule has 1 aliphatic rings. The predicted octanol–water partition coefficient (Wildman–Crippen LogP) is 2.05. The average Bonchev–Trinajstić information content (AvgIpc) is 3.00. The number of aromatic amines is 1. The van der Waals surface area contributed by atoms with Crippen LogP contribution in [-0.4, -0.2) is 57.6 Å². The van der Waals surface area contributed by atoms with Crippen LogP contribution >= 0.6 is 0 Å². The van der Waals surface area contributed by atoms with E-state index in [1.165, 1.54) is 0 Å². The zero-order valence-electron chi connectivity index (χ0n) is 15.7. The summed E-state index contributed by atoms with van der Waals surface area (Å²) in [6.45, 7) is 8.57. The van der Waals surface area contributed by atoms with Crippen molar-refractivity contribution < 1.29 is 9.84 Å². The molecule has 7 nitrogen and oxygen atoms in total. The van der Waals surface area contributed by atoms with Crippen LogP contribution in [0.4, 0.5) is 0 Å². The maximum Gasteiger partial charge on any atom is 0.235 e. The van der Waals surface area contributed by atoms with Crippen molar-refractivity contribution in [3.63, 3.8) is 0 Å². The molecule has 27 heavy (non-hydrogen) atoms. The van der Waals surface area contributed by atoms with Gasteiger partial charge in [0.25, 0.3) is 0 Å². The number of benzene rings is 1. The van der Waals surface area contributed by atoms with Crippen LogP contribution in [0.25, 0.3) is 22.3 Å². The van der Waals surface area contributed by atoms with Crippen molar-refractivity contribution in [3.8, 4) is 17.0 Å². The van der Waals surface area contributed by atoms with Crippen LogP contribution in [0, 0.1) is 13.8 Å². The standard InChI is InChI=1S/C20H24N4O3/c1-13-5-3-4-6-15(13)17-19(26)18(25)16-14(2)22-24(20(16)21-17)8-7-23-9-11-27-12-10-23/h3-6,26H,7-12H2,1-2H3,(H,21,25). The fourth-order valence-corrected chi connectivity index (χ4v) is 3.66. The maximum atomic E-state index is 12.8. The van der Waals surface area contributed by atoms with Crippen LogP contribution in [0.2, 0.25) is 0 Å². The second-order valence-corrected chi connectivity index (χ2v) is 6.98. The number of pyridine rings is 1. The molecule has 7 heteroatoms. The number of aryl methyl sites for hydroxylation is 2. The molecule has 1 saturated heterocycles. The van der Waals surface area contributed by atoms with Gasteiger partial charge in [-0.3, -0.25) is 9.69 Å². The Balaban J connectivity index is 1.77. The molecule has 0 atom stereocenters. The Morgan fingerprint density at radius 2 is 1.93 bits per heavy atom. The highest BCUT2D eigenvalue weighted by Gasteiger charge is 2.20. The summed E-state index contributed by atoms with van der Waals surface area (Å²) in [4.78, 5) is 18.4. The Morgan fingerprint density at radius 3 is 2.67 bits per heavy atom. The van der Waals surface area contributed by atoms with Crippen LogP contribution in [0.3, 0.4) is 0 Å². The highest BCUT2D eigenvalue weighted by molar-refractivity contribution is 5.85. The molecule has 0 unspecified atom stereocenters. The molecule has 142 valence electrons. The number of fused-ring (bicyclic) bond motifs is 1. The number of H-pyrrole nitrogens is 1. The number of hydrogen-bond donors (Lipinski definition) is 2. The van der Waals surface area contributed by atoms with Gasteiger partial charge in [0.2, 0.25) is 5.43 Å². The molecular weight excluding hydrogens is 344 g/mol. The van der Waals surface area contributed by atoms with Crippen molar-refractivity contribution in [3.05, 3.63) is 45.7 Å². The lowest BCUT2D eigenvalue weighted by Crippen LogP contribution is -2.38. The molecule has 0 saturated carbocycles. The van der Waals surface area contributed by atoms with E-state index in [4.69, 9.17) is 4.74 Å². The Morgan fingerprint density at radius 1 is 1.19 bits per heavy atom. The Hall–Kier alpha value is -2.64. The largest absolute Gasteiger partial charge is 0.503 e. The number of rotatable bonds is 4. The normalized spacial score (nSPS) is 15.5. The van der Waals surface area contributed by atoms with E-state index in [0.29, 0.717) is 29.0 Å². The van der Waals surface area contributed by atoms with E-state index in [0.717, 1.165) is 44.0 Å². The first-order chi connectivity index (χ1) is 13.1. The number of aromatic nitrogens is 3. The van der Waals surface area contributed by atoms with E-state index in [2.05, 4.69) is 15.0 Å². The molecule has 2 aromatic heterocycles. The SMILES string of the molecule is Cc1ccccc1-c1[nH]c2c(c(C)nn2CCN2CCOCC2)c(=O)c1O. The summed E-state index contributed by atoms with van der Waals surface area (Å²) in [6.07, 6.45) is 0. The van der Waals surface area contributed by atoms with Crippen molar-refractivity contribution in [2.45, 2.75) is 20.4 Å². The van der Waals surface area contributed by atoms with Crippen LogP contribution in [-0.2, 0) is 11.3 Å². The third-order valence-corrected chi connectivity index (χ3v) is 5.20. The summed E-state index contributed by atoms with van der Waals surface area (Å²) in [7, 11) is 0. The second kappa shape index (κ2) is 7.17. The second-order valence-electron chi connectivity index (χ2n) is 6.98. The Bertz CT molecular complexity index is 1030. The van der Waals surface area contributed by atoms with E-state index in [1.54, 1.807) is 6.92 Å². The lowest BCUT2D eigenvalue weighted by Gasteiger charge is -2.26. The number of morpholine rings is 1. The highest BCUT2D eigenvalue weighted by atomic mass is 16.5. The molecule has 0 radical (unpaired) electrons. The smallest absolute Gasteiger partial charge is 0.235 e. The van der Waals surface area contributed by atoms with E-state index < -0.39 is 0 Å².